The van der Waals surface area contributed by atoms with Crippen molar-refractivity contribution in [3.8, 4) is 0 Å². The number of likely N-dealkylation sites (tertiary alicyclic amines) is 1. The van der Waals surface area contributed by atoms with Crippen molar-refractivity contribution >= 4 is 24.2 Å². The number of nitrogens with two attached hydrogens (primary N) is 1. The molecule has 2 amide bonds. The van der Waals surface area contributed by atoms with Crippen molar-refractivity contribution in [1.82, 2.24) is 10.2 Å². The topological polar surface area (TPSA) is 75.4 Å². The summed E-state index contributed by atoms with van der Waals surface area (Å²) in [6.45, 7) is 1.31. The van der Waals surface area contributed by atoms with Gasteiger partial charge in [-0.1, -0.05) is 0 Å². The molecule has 98 valence electrons. The van der Waals surface area contributed by atoms with Crippen molar-refractivity contribution in [2.24, 2.45) is 5.73 Å². The lowest BCUT2D eigenvalue weighted by Crippen LogP contribution is -2.53. The molecule has 2 saturated heterocycles. The van der Waals surface area contributed by atoms with E-state index in [1.807, 2.05) is 4.90 Å². The molecule has 0 aromatic rings. The Balaban J connectivity index is 0.00000144. The number of halogens is 1. The van der Waals surface area contributed by atoms with Crippen LogP contribution in [0, 0.1) is 0 Å². The van der Waals surface area contributed by atoms with Crippen LogP contribution in [-0.2, 0) is 9.59 Å². The molecular weight excluding hydrogens is 242 g/mol. The van der Waals surface area contributed by atoms with Crippen LogP contribution in [0.3, 0.4) is 0 Å². The summed E-state index contributed by atoms with van der Waals surface area (Å²) in [5, 5.41) is 2.72. The summed E-state index contributed by atoms with van der Waals surface area (Å²) in [4.78, 5) is 25.1. The third kappa shape index (κ3) is 3.10. The Morgan fingerprint density at radius 1 is 1.41 bits per heavy atom. The second-order valence-electron chi connectivity index (χ2n) is 4.58. The molecule has 0 saturated carbocycles. The Bertz CT molecular complexity index is 298. The van der Waals surface area contributed by atoms with Gasteiger partial charge in [0.1, 0.15) is 6.04 Å². The highest BCUT2D eigenvalue weighted by molar-refractivity contribution is 5.91. The van der Waals surface area contributed by atoms with Gasteiger partial charge < -0.3 is 16.0 Å². The van der Waals surface area contributed by atoms with Gasteiger partial charge in [-0.2, -0.15) is 0 Å². The number of hydrogen-bond donors (Lipinski definition) is 2. The highest BCUT2D eigenvalue weighted by Gasteiger charge is 2.34. The minimum Gasteiger partial charge on any atom is -0.344 e. The van der Waals surface area contributed by atoms with Crippen LogP contribution >= 0.6 is 12.4 Å². The zero-order valence-electron chi connectivity index (χ0n) is 9.85. The number of piperidine rings is 1. The van der Waals surface area contributed by atoms with Gasteiger partial charge in [-0.15, -0.1) is 12.4 Å². The summed E-state index contributed by atoms with van der Waals surface area (Å²) in [6.07, 6.45) is 4.28. The van der Waals surface area contributed by atoms with Gasteiger partial charge >= 0.3 is 0 Å². The fraction of sp³-hybridized carbons (Fsp3) is 0.818. The average molecular weight is 262 g/mol. The molecule has 5 nitrogen and oxygen atoms in total. The lowest BCUT2D eigenvalue weighted by molar-refractivity contribution is -0.137. The number of carbonyl (C=O) groups excluding carboxylic acids is 2. The average Bonchev–Trinajstić information content (AvgIpc) is 2.75. The zero-order chi connectivity index (χ0) is 11.5. The first-order valence-corrected chi connectivity index (χ1v) is 6.02. The summed E-state index contributed by atoms with van der Waals surface area (Å²) in [5.41, 5.74) is 5.68. The smallest absolute Gasteiger partial charge is 0.245 e. The molecule has 2 heterocycles. The first-order valence-electron chi connectivity index (χ1n) is 6.02. The van der Waals surface area contributed by atoms with E-state index in [0.717, 1.165) is 25.8 Å². The highest BCUT2D eigenvalue weighted by Crippen LogP contribution is 2.19. The number of nitrogens with zero attached hydrogens (tertiary/aromatic N) is 1. The van der Waals surface area contributed by atoms with Crippen LogP contribution in [0.5, 0.6) is 0 Å². The molecule has 2 aliphatic heterocycles. The molecule has 0 bridgehead atoms. The van der Waals surface area contributed by atoms with Crippen LogP contribution in [-0.4, -0.2) is 41.9 Å². The predicted molar refractivity (Wildman–Crippen MR) is 66.8 cm³/mol. The number of hydrogen-bond acceptors (Lipinski definition) is 3. The molecule has 0 aromatic carbocycles. The largest absolute Gasteiger partial charge is 0.344 e. The quantitative estimate of drug-likeness (QED) is 0.736. The van der Waals surface area contributed by atoms with Crippen molar-refractivity contribution < 1.29 is 9.59 Å². The van der Waals surface area contributed by atoms with E-state index in [4.69, 9.17) is 5.73 Å². The predicted octanol–water partition coefficient (Wildman–Crippen LogP) is 0.0266. The van der Waals surface area contributed by atoms with E-state index in [0.29, 0.717) is 19.4 Å². The number of nitrogens with one attached hydrogen (secondary N) is 1. The Morgan fingerprint density at radius 2 is 2.18 bits per heavy atom. The van der Waals surface area contributed by atoms with Crippen molar-refractivity contribution in [3.05, 3.63) is 0 Å². The molecule has 3 N–H and O–H groups in total. The van der Waals surface area contributed by atoms with Crippen molar-refractivity contribution in [1.29, 1.82) is 0 Å². The third-order valence-corrected chi connectivity index (χ3v) is 3.48. The summed E-state index contributed by atoms with van der Waals surface area (Å²) in [6, 6.07) is -0.140. The van der Waals surface area contributed by atoms with E-state index in [9.17, 15) is 9.59 Å². The Labute approximate surface area is 108 Å². The van der Waals surface area contributed by atoms with Crippen LogP contribution in [0.2, 0.25) is 0 Å². The maximum atomic E-state index is 12.2. The summed E-state index contributed by atoms with van der Waals surface area (Å²) in [5.74, 6) is 0.0423. The van der Waals surface area contributed by atoms with Crippen molar-refractivity contribution in [2.45, 2.75) is 44.2 Å². The van der Waals surface area contributed by atoms with E-state index in [1.54, 1.807) is 0 Å². The lowest BCUT2D eigenvalue weighted by Gasteiger charge is -2.36. The highest BCUT2D eigenvalue weighted by atomic mass is 35.5. The van der Waals surface area contributed by atoms with Crippen LogP contribution in [0.15, 0.2) is 0 Å². The van der Waals surface area contributed by atoms with Gasteiger partial charge in [0.2, 0.25) is 11.8 Å². The molecule has 0 radical (unpaired) electrons. The molecule has 17 heavy (non-hydrogen) atoms. The van der Waals surface area contributed by atoms with Gasteiger partial charge in [-0.25, -0.2) is 0 Å². The minimum atomic E-state index is -0.306. The van der Waals surface area contributed by atoms with Gasteiger partial charge in [0, 0.05) is 25.6 Å². The molecule has 1 unspecified atom stereocenters. The minimum absolute atomic E-state index is 0. The van der Waals surface area contributed by atoms with Gasteiger partial charge in [0.05, 0.1) is 0 Å². The molecule has 2 rings (SSSR count). The lowest BCUT2D eigenvalue weighted by atomic mass is 10.0. The Hall–Kier alpha value is -0.810. The molecule has 6 heteroatoms. The Kier molecular flexibility index (Phi) is 5.21. The van der Waals surface area contributed by atoms with E-state index < -0.39 is 0 Å². The third-order valence-electron chi connectivity index (χ3n) is 3.48. The number of amides is 2. The standard InChI is InChI=1S/C11H19N3O2.ClH/c12-7-8-3-1-2-6-14(8)11(16)9-4-5-10(15)13-9;/h8-9H,1-7,12H2,(H,13,15);1H/t8?,9-;/m1./s1. The Morgan fingerprint density at radius 3 is 2.76 bits per heavy atom. The number of rotatable bonds is 2. The molecule has 2 fully saturated rings. The van der Waals surface area contributed by atoms with Crippen molar-refractivity contribution in [2.75, 3.05) is 13.1 Å². The van der Waals surface area contributed by atoms with Crippen LogP contribution in [0.1, 0.15) is 32.1 Å². The zero-order valence-corrected chi connectivity index (χ0v) is 10.7. The van der Waals surface area contributed by atoms with Crippen LogP contribution in [0.4, 0.5) is 0 Å². The monoisotopic (exact) mass is 261 g/mol. The normalized spacial score (nSPS) is 28.5. The SMILES string of the molecule is Cl.NCC1CCCCN1C(=O)[C@H]1CCC(=O)N1. The first kappa shape index (κ1) is 14.3. The molecule has 0 aromatic heterocycles. The maximum Gasteiger partial charge on any atom is 0.245 e. The first-order chi connectivity index (χ1) is 7.72. The fourth-order valence-electron chi connectivity index (χ4n) is 2.54. The van der Waals surface area contributed by atoms with Gasteiger partial charge in [0.15, 0.2) is 0 Å². The van der Waals surface area contributed by atoms with Gasteiger partial charge in [-0.3, -0.25) is 9.59 Å². The van der Waals surface area contributed by atoms with Gasteiger partial charge in [-0.05, 0) is 25.7 Å². The molecule has 2 atom stereocenters. The van der Waals surface area contributed by atoms with E-state index in [1.165, 1.54) is 0 Å². The molecule has 0 aliphatic carbocycles. The molecule has 0 spiro atoms. The van der Waals surface area contributed by atoms with E-state index >= 15 is 0 Å². The molecular formula is C11H20ClN3O2. The fourth-order valence-corrected chi connectivity index (χ4v) is 2.54. The second-order valence-corrected chi connectivity index (χ2v) is 4.58. The van der Waals surface area contributed by atoms with Crippen LogP contribution < -0.4 is 11.1 Å². The second kappa shape index (κ2) is 6.21. The van der Waals surface area contributed by atoms with E-state index in [-0.39, 0.29) is 36.3 Å². The summed E-state index contributed by atoms with van der Waals surface area (Å²) >= 11 is 0. The summed E-state index contributed by atoms with van der Waals surface area (Å²) < 4.78 is 0. The maximum absolute atomic E-state index is 12.2. The van der Waals surface area contributed by atoms with Gasteiger partial charge in [0.25, 0.3) is 0 Å². The van der Waals surface area contributed by atoms with Crippen LogP contribution in [0.25, 0.3) is 0 Å². The summed E-state index contributed by atoms with van der Waals surface area (Å²) in [7, 11) is 0. The molecule has 2 aliphatic rings. The van der Waals surface area contributed by atoms with Crippen molar-refractivity contribution in [3.63, 3.8) is 0 Å². The number of carbonyl (C=O) groups is 2. The van der Waals surface area contributed by atoms with E-state index in [2.05, 4.69) is 5.32 Å².